The number of hydrogen-bond donors (Lipinski definition) is 2. The minimum Gasteiger partial charge on any atom is -0.365 e. The van der Waals surface area contributed by atoms with Crippen LogP contribution in [0.5, 0.6) is 0 Å². The summed E-state index contributed by atoms with van der Waals surface area (Å²) in [7, 11) is 0. The lowest BCUT2D eigenvalue weighted by atomic mass is 9.89. The molecule has 0 saturated carbocycles. The minimum atomic E-state index is -0.250. The first kappa shape index (κ1) is 13.1. The molecule has 1 aromatic carbocycles. The average molecular weight is 247 g/mol. The third-order valence-electron chi connectivity index (χ3n) is 3.92. The van der Waals surface area contributed by atoms with E-state index >= 15 is 0 Å². The molecule has 0 aromatic heterocycles. The molecule has 98 valence electrons. The van der Waals surface area contributed by atoms with Crippen LogP contribution in [0.3, 0.4) is 0 Å². The molecule has 1 aromatic rings. The van der Waals surface area contributed by atoms with Crippen LogP contribution in [0.2, 0.25) is 0 Å². The topological polar surface area (TPSA) is 59.7 Å². The highest BCUT2D eigenvalue weighted by atomic mass is 16.1. The molecule has 0 heterocycles. The maximum absolute atomic E-state index is 11.1. The lowest BCUT2D eigenvalue weighted by Crippen LogP contribution is -2.92. The maximum atomic E-state index is 11.1. The molecule has 1 aliphatic rings. The van der Waals surface area contributed by atoms with Gasteiger partial charge in [-0.2, -0.15) is 0 Å². The number of aryl methyl sites for hydroxylation is 2. The smallest absolute Gasteiger partial charge is 0.275 e. The molecule has 0 spiro atoms. The summed E-state index contributed by atoms with van der Waals surface area (Å²) in [5, 5.41) is 2.03. The van der Waals surface area contributed by atoms with Gasteiger partial charge in [-0.25, -0.2) is 0 Å². The van der Waals surface area contributed by atoms with Crippen LogP contribution in [0.1, 0.15) is 49.4 Å². The van der Waals surface area contributed by atoms with Crippen LogP contribution in [-0.2, 0) is 17.6 Å². The van der Waals surface area contributed by atoms with Gasteiger partial charge in [-0.05, 0) is 56.7 Å². The van der Waals surface area contributed by atoms with Gasteiger partial charge in [0.15, 0.2) is 6.04 Å². The molecule has 0 saturated heterocycles. The number of rotatable bonds is 4. The van der Waals surface area contributed by atoms with Gasteiger partial charge < -0.3 is 11.1 Å². The predicted molar refractivity (Wildman–Crippen MR) is 72.1 cm³/mol. The van der Waals surface area contributed by atoms with Gasteiger partial charge in [0.2, 0.25) is 0 Å². The molecule has 1 amide bonds. The number of benzene rings is 1. The summed E-state index contributed by atoms with van der Waals surface area (Å²) < 4.78 is 0. The van der Waals surface area contributed by atoms with Crippen molar-refractivity contribution in [3.63, 3.8) is 0 Å². The Kier molecular flexibility index (Phi) is 4.02. The van der Waals surface area contributed by atoms with E-state index in [0.717, 1.165) is 0 Å². The molecule has 0 aliphatic heterocycles. The highest BCUT2D eigenvalue weighted by Crippen LogP contribution is 2.23. The van der Waals surface area contributed by atoms with Crippen molar-refractivity contribution < 1.29 is 10.1 Å². The monoisotopic (exact) mass is 247 g/mol. The van der Waals surface area contributed by atoms with E-state index < -0.39 is 0 Å². The predicted octanol–water partition coefficient (Wildman–Crippen LogP) is 1.06. The number of amides is 1. The van der Waals surface area contributed by atoms with Crippen molar-refractivity contribution in [1.29, 1.82) is 0 Å². The lowest BCUT2D eigenvalue weighted by Gasteiger charge is -2.19. The molecule has 3 heteroatoms. The van der Waals surface area contributed by atoms with Gasteiger partial charge in [-0.1, -0.05) is 12.1 Å². The van der Waals surface area contributed by atoms with Gasteiger partial charge in [0.1, 0.15) is 6.04 Å². The largest absolute Gasteiger partial charge is 0.365 e. The number of nitrogens with two attached hydrogens (primary N) is 2. The number of carbonyl (C=O) groups excluding carboxylic acids is 1. The molecule has 0 fully saturated rings. The quantitative estimate of drug-likeness (QED) is 0.821. The summed E-state index contributed by atoms with van der Waals surface area (Å²) in [6, 6.07) is 6.86. The van der Waals surface area contributed by atoms with Crippen molar-refractivity contribution in [2.45, 2.75) is 51.6 Å². The zero-order valence-corrected chi connectivity index (χ0v) is 11.3. The van der Waals surface area contributed by atoms with Crippen molar-refractivity contribution in [3.8, 4) is 0 Å². The van der Waals surface area contributed by atoms with Crippen LogP contribution < -0.4 is 11.1 Å². The Morgan fingerprint density at radius 3 is 2.56 bits per heavy atom. The van der Waals surface area contributed by atoms with Gasteiger partial charge in [-0.3, -0.25) is 4.79 Å². The highest BCUT2D eigenvalue weighted by Gasteiger charge is 2.19. The van der Waals surface area contributed by atoms with Crippen molar-refractivity contribution in [2.75, 3.05) is 0 Å². The summed E-state index contributed by atoms with van der Waals surface area (Å²) in [4.78, 5) is 11.1. The summed E-state index contributed by atoms with van der Waals surface area (Å²) >= 11 is 0. The van der Waals surface area contributed by atoms with Crippen LogP contribution >= 0.6 is 0 Å². The van der Waals surface area contributed by atoms with Crippen molar-refractivity contribution in [3.05, 3.63) is 34.9 Å². The zero-order chi connectivity index (χ0) is 13.1. The van der Waals surface area contributed by atoms with E-state index in [1.807, 2.05) is 12.2 Å². The molecule has 0 bridgehead atoms. The van der Waals surface area contributed by atoms with Gasteiger partial charge in [0.05, 0.1) is 0 Å². The Morgan fingerprint density at radius 2 is 1.89 bits per heavy atom. The SMILES string of the molecule is C[C@@H]([NH2+][C@H](C)c1ccc2c(c1)CCCC2)C(N)=O. The van der Waals surface area contributed by atoms with Crippen LogP contribution in [0.15, 0.2) is 18.2 Å². The molecule has 18 heavy (non-hydrogen) atoms. The first-order valence-corrected chi connectivity index (χ1v) is 6.84. The second kappa shape index (κ2) is 5.53. The van der Waals surface area contributed by atoms with Gasteiger partial charge in [0, 0.05) is 5.56 Å². The Balaban J connectivity index is 2.11. The van der Waals surface area contributed by atoms with Crippen molar-refractivity contribution in [2.24, 2.45) is 5.73 Å². The van der Waals surface area contributed by atoms with E-state index in [4.69, 9.17) is 5.73 Å². The Hall–Kier alpha value is -1.35. The Labute approximate surface area is 109 Å². The van der Waals surface area contributed by atoms with E-state index in [1.54, 1.807) is 0 Å². The van der Waals surface area contributed by atoms with Crippen LogP contribution in [0.4, 0.5) is 0 Å². The lowest BCUT2D eigenvalue weighted by molar-refractivity contribution is -0.710. The Morgan fingerprint density at radius 1 is 1.22 bits per heavy atom. The van der Waals surface area contributed by atoms with E-state index in [-0.39, 0.29) is 18.0 Å². The fraction of sp³-hybridized carbons (Fsp3) is 0.533. The molecular formula is C15H23N2O+. The second-order valence-corrected chi connectivity index (χ2v) is 5.41. The molecule has 4 N–H and O–H groups in total. The van der Waals surface area contributed by atoms with E-state index in [2.05, 4.69) is 25.1 Å². The molecule has 2 rings (SSSR count). The third kappa shape index (κ3) is 2.91. The molecule has 0 radical (unpaired) electrons. The van der Waals surface area contributed by atoms with Gasteiger partial charge in [0.25, 0.3) is 5.91 Å². The molecule has 0 unspecified atom stereocenters. The number of quaternary nitrogens is 1. The standard InChI is InChI=1S/C15H22N2O/c1-10(17-11(2)15(16)18)13-8-7-12-5-3-4-6-14(12)9-13/h7-11,17H,3-6H2,1-2H3,(H2,16,18)/p+1/t10-,11-/m1/s1. The van der Waals surface area contributed by atoms with Gasteiger partial charge >= 0.3 is 0 Å². The number of fused-ring (bicyclic) bond motifs is 1. The molecule has 2 atom stereocenters. The van der Waals surface area contributed by atoms with E-state index in [1.165, 1.54) is 42.4 Å². The maximum Gasteiger partial charge on any atom is 0.275 e. The summed E-state index contributed by atoms with van der Waals surface area (Å²) in [5.74, 6) is -0.250. The van der Waals surface area contributed by atoms with Crippen LogP contribution in [0.25, 0.3) is 0 Å². The highest BCUT2D eigenvalue weighted by molar-refractivity contribution is 5.77. The number of carbonyl (C=O) groups is 1. The molecule has 1 aliphatic carbocycles. The number of primary amides is 1. The fourth-order valence-corrected chi connectivity index (χ4v) is 2.68. The molecular weight excluding hydrogens is 224 g/mol. The first-order valence-electron chi connectivity index (χ1n) is 6.84. The summed E-state index contributed by atoms with van der Waals surface area (Å²) in [6.45, 7) is 3.99. The molecule has 3 nitrogen and oxygen atoms in total. The minimum absolute atomic E-state index is 0.170. The van der Waals surface area contributed by atoms with E-state index in [0.29, 0.717) is 0 Å². The van der Waals surface area contributed by atoms with Crippen molar-refractivity contribution >= 4 is 5.91 Å². The average Bonchev–Trinajstić information content (AvgIpc) is 2.37. The number of hydrogen-bond acceptors (Lipinski definition) is 1. The fourth-order valence-electron chi connectivity index (χ4n) is 2.68. The first-order chi connectivity index (χ1) is 8.58. The normalized spacial score (nSPS) is 17.9. The third-order valence-corrected chi connectivity index (χ3v) is 3.92. The Bertz CT molecular complexity index is 442. The van der Waals surface area contributed by atoms with E-state index in [9.17, 15) is 4.79 Å². The van der Waals surface area contributed by atoms with Crippen LogP contribution in [-0.4, -0.2) is 11.9 Å². The van der Waals surface area contributed by atoms with Crippen molar-refractivity contribution in [1.82, 2.24) is 0 Å². The summed E-state index contributed by atoms with van der Waals surface area (Å²) in [6.07, 6.45) is 5.02. The second-order valence-electron chi connectivity index (χ2n) is 5.41. The zero-order valence-electron chi connectivity index (χ0n) is 11.3. The summed E-state index contributed by atoms with van der Waals surface area (Å²) in [5.41, 5.74) is 9.59. The van der Waals surface area contributed by atoms with Gasteiger partial charge in [-0.15, -0.1) is 0 Å². The van der Waals surface area contributed by atoms with Crippen LogP contribution in [0, 0.1) is 0 Å².